The van der Waals surface area contributed by atoms with Crippen LogP contribution < -0.4 is 0 Å². The van der Waals surface area contributed by atoms with Gasteiger partial charge in [0.25, 0.3) is 0 Å². The minimum atomic E-state index is 0.451. The van der Waals surface area contributed by atoms with Crippen molar-refractivity contribution in [3.05, 3.63) is 103 Å². The van der Waals surface area contributed by atoms with Crippen LogP contribution in [0.15, 0.2) is 97.1 Å². The maximum atomic E-state index is 8.83. The monoisotopic (exact) mass is 358 g/mol. The number of nitriles is 1. The lowest BCUT2D eigenvalue weighted by Gasteiger charge is -2.09. The summed E-state index contributed by atoms with van der Waals surface area (Å²) in [6.07, 6.45) is 0.451. The Morgan fingerprint density at radius 1 is 0.607 bits per heavy atom. The molecular formula is C26H18N2. The third kappa shape index (κ3) is 2.66. The molecule has 0 N–H and O–H groups in total. The number of fused-ring (bicyclic) bond motifs is 3. The molecular weight excluding hydrogens is 340 g/mol. The Morgan fingerprint density at radius 2 is 1.11 bits per heavy atom. The molecule has 0 amide bonds. The van der Waals surface area contributed by atoms with E-state index in [2.05, 4.69) is 95.6 Å². The molecule has 1 aromatic heterocycles. The molecule has 0 saturated carbocycles. The molecule has 0 aliphatic carbocycles. The first-order valence-corrected chi connectivity index (χ1v) is 9.40. The number of benzene rings is 4. The zero-order valence-corrected chi connectivity index (χ0v) is 15.3. The first kappa shape index (κ1) is 16.4. The number of aromatic nitrogens is 1. The van der Waals surface area contributed by atoms with Gasteiger partial charge in [-0.05, 0) is 41.0 Å². The lowest BCUT2D eigenvalue weighted by Crippen LogP contribution is -1.93. The van der Waals surface area contributed by atoms with E-state index in [4.69, 9.17) is 5.26 Å². The number of rotatable bonds is 3. The summed E-state index contributed by atoms with van der Waals surface area (Å²) in [5, 5.41) is 11.4. The fourth-order valence-electron chi connectivity index (χ4n) is 3.91. The Bertz CT molecular complexity index is 1260. The molecule has 0 spiro atoms. The van der Waals surface area contributed by atoms with E-state index in [1.807, 2.05) is 12.1 Å². The first-order chi connectivity index (χ1) is 13.8. The minimum Gasteiger partial charge on any atom is -0.309 e. The molecule has 28 heavy (non-hydrogen) atoms. The van der Waals surface area contributed by atoms with E-state index in [1.165, 1.54) is 27.4 Å². The molecule has 4 aromatic carbocycles. The van der Waals surface area contributed by atoms with Crippen molar-refractivity contribution < 1.29 is 0 Å². The molecule has 0 atom stereocenters. The maximum Gasteiger partial charge on any atom is 0.0669 e. The highest BCUT2D eigenvalue weighted by Crippen LogP contribution is 2.32. The molecule has 0 bridgehead atoms. The van der Waals surface area contributed by atoms with E-state index in [0.717, 1.165) is 16.8 Å². The predicted molar refractivity (Wildman–Crippen MR) is 116 cm³/mol. The van der Waals surface area contributed by atoms with Gasteiger partial charge in [-0.25, -0.2) is 0 Å². The molecule has 0 aliphatic rings. The second-order valence-electron chi connectivity index (χ2n) is 6.95. The van der Waals surface area contributed by atoms with Crippen LogP contribution >= 0.6 is 0 Å². The zero-order valence-electron chi connectivity index (χ0n) is 15.3. The normalized spacial score (nSPS) is 11.0. The van der Waals surface area contributed by atoms with Crippen molar-refractivity contribution in [2.45, 2.75) is 6.42 Å². The van der Waals surface area contributed by atoms with E-state index < -0.39 is 0 Å². The lowest BCUT2D eigenvalue weighted by molar-refractivity contribution is 1.18. The molecule has 1 heterocycles. The van der Waals surface area contributed by atoms with E-state index in [0.29, 0.717) is 6.42 Å². The van der Waals surface area contributed by atoms with E-state index in [-0.39, 0.29) is 0 Å². The number of para-hydroxylation sites is 2. The SMILES string of the molecule is N#CCc1ccc(-c2ccc(-n3c4ccccc4c4ccccc43)cc2)cc1. The summed E-state index contributed by atoms with van der Waals surface area (Å²) in [5.41, 5.74) is 6.98. The van der Waals surface area contributed by atoms with Crippen molar-refractivity contribution in [3.8, 4) is 22.9 Å². The third-order valence-corrected chi connectivity index (χ3v) is 5.28. The standard InChI is InChI=1S/C26H18N2/c27-18-17-19-9-11-20(12-10-19)21-13-15-22(16-14-21)28-25-7-3-1-5-23(25)24-6-2-4-8-26(24)28/h1-16H,17H2. The van der Waals surface area contributed by atoms with Crippen LogP contribution in [0.4, 0.5) is 0 Å². The molecule has 0 radical (unpaired) electrons. The van der Waals surface area contributed by atoms with Gasteiger partial charge in [0.15, 0.2) is 0 Å². The molecule has 5 aromatic rings. The Hall–Kier alpha value is -3.83. The van der Waals surface area contributed by atoms with Gasteiger partial charge in [0.1, 0.15) is 0 Å². The van der Waals surface area contributed by atoms with Crippen molar-refractivity contribution in [2.75, 3.05) is 0 Å². The van der Waals surface area contributed by atoms with Crippen LogP contribution in [0.3, 0.4) is 0 Å². The van der Waals surface area contributed by atoms with Gasteiger partial charge in [-0.3, -0.25) is 0 Å². The van der Waals surface area contributed by atoms with Crippen LogP contribution in [0.1, 0.15) is 5.56 Å². The average Bonchev–Trinajstić information content (AvgIpc) is 3.09. The summed E-state index contributed by atoms with van der Waals surface area (Å²) in [6.45, 7) is 0. The molecule has 0 fully saturated rings. The predicted octanol–water partition coefficient (Wildman–Crippen LogP) is 6.52. The van der Waals surface area contributed by atoms with Crippen LogP contribution in [0.25, 0.3) is 38.6 Å². The van der Waals surface area contributed by atoms with Gasteiger partial charge in [-0.15, -0.1) is 0 Å². The fourth-order valence-corrected chi connectivity index (χ4v) is 3.91. The topological polar surface area (TPSA) is 28.7 Å². The zero-order chi connectivity index (χ0) is 18.9. The van der Waals surface area contributed by atoms with Crippen LogP contribution in [0.5, 0.6) is 0 Å². The summed E-state index contributed by atoms with van der Waals surface area (Å²) >= 11 is 0. The molecule has 0 aliphatic heterocycles. The van der Waals surface area contributed by atoms with Crippen molar-refractivity contribution in [3.63, 3.8) is 0 Å². The second-order valence-corrected chi connectivity index (χ2v) is 6.95. The van der Waals surface area contributed by atoms with E-state index >= 15 is 0 Å². The van der Waals surface area contributed by atoms with Gasteiger partial charge in [-0.1, -0.05) is 72.8 Å². The largest absolute Gasteiger partial charge is 0.309 e. The van der Waals surface area contributed by atoms with Gasteiger partial charge in [-0.2, -0.15) is 5.26 Å². The maximum absolute atomic E-state index is 8.83. The molecule has 132 valence electrons. The number of nitrogens with zero attached hydrogens (tertiary/aromatic N) is 2. The van der Waals surface area contributed by atoms with Gasteiger partial charge in [0, 0.05) is 16.5 Å². The average molecular weight is 358 g/mol. The number of hydrogen-bond donors (Lipinski definition) is 0. The van der Waals surface area contributed by atoms with Crippen molar-refractivity contribution in [1.82, 2.24) is 4.57 Å². The van der Waals surface area contributed by atoms with Crippen molar-refractivity contribution >= 4 is 21.8 Å². The summed E-state index contributed by atoms with van der Waals surface area (Å²) in [6, 6.07) is 36.2. The highest BCUT2D eigenvalue weighted by molar-refractivity contribution is 6.09. The van der Waals surface area contributed by atoms with Crippen molar-refractivity contribution in [1.29, 1.82) is 5.26 Å². The van der Waals surface area contributed by atoms with Gasteiger partial charge < -0.3 is 4.57 Å². The molecule has 0 saturated heterocycles. The fraction of sp³-hybridized carbons (Fsp3) is 0.0385. The quantitative estimate of drug-likeness (QED) is 0.361. The van der Waals surface area contributed by atoms with Crippen LogP contribution in [0, 0.1) is 11.3 Å². The van der Waals surface area contributed by atoms with Crippen LogP contribution in [0.2, 0.25) is 0 Å². The molecule has 2 heteroatoms. The molecule has 5 rings (SSSR count). The summed E-state index contributed by atoms with van der Waals surface area (Å²) in [5.74, 6) is 0. The molecule has 2 nitrogen and oxygen atoms in total. The van der Waals surface area contributed by atoms with E-state index in [1.54, 1.807) is 0 Å². The Kier molecular flexibility index (Phi) is 3.92. The highest BCUT2D eigenvalue weighted by Gasteiger charge is 2.11. The van der Waals surface area contributed by atoms with Gasteiger partial charge in [0.2, 0.25) is 0 Å². The number of hydrogen-bond acceptors (Lipinski definition) is 1. The summed E-state index contributed by atoms with van der Waals surface area (Å²) in [4.78, 5) is 0. The highest BCUT2D eigenvalue weighted by atomic mass is 15.0. The lowest BCUT2D eigenvalue weighted by atomic mass is 10.0. The summed E-state index contributed by atoms with van der Waals surface area (Å²) in [7, 11) is 0. The Labute approximate surface area is 163 Å². The van der Waals surface area contributed by atoms with Crippen LogP contribution in [-0.2, 0) is 6.42 Å². The van der Waals surface area contributed by atoms with Gasteiger partial charge in [0.05, 0.1) is 23.5 Å². The summed E-state index contributed by atoms with van der Waals surface area (Å²) < 4.78 is 2.32. The molecule has 0 unspecified atom stereocenters. The minimum absolute atomic E-state index is 0.451. The Balaban J connectivity index is 1.60. The third-order valence-electron chi connectivity index (χ3n) is 5.28. The van der Waals surface area contributed by atoms with E-state index in [9.17, 15) is 0 Å². The van der Waals surface area contributed by atoms with Crippen LogP contribution in [-0.4, -0.2) is 4.57 Å². The second kappa shape index (κ2) is 6.72. The first-order valence-electron chi connectivity index (χ1n) is 9.40. The Morgan fingerprint density at radius 3 is 1.64 bits per heavy atom. The van der Waals surface area contributed by atoms with Gasteiger partial charge >= 0.3 is 0 Å². The smallest absolute Gasteiger partial charge is 0.0669 e. The van der Waals surface area contributed by atoms with Crippen molar-refractivity contribution in [2.24, 2.45) is 0 Å².